The highest BCUT2D eigenvalue weighted by molar-refractivity contribution is 6.44. The molecule has 26 heavy (non-hydrogen) atoms. The molecule has 2 fully saturated rings. The van der Waals surface area contributed by atoms with Crippen molar-refractivity contribution in [2.75, 3.05) is 0 Å². The van der Waals surface area contributed by atoms with Crippen LogP contribution in [0.25, 0.3) is 0 Å². The Balaban J connectivity index is 1.80. The third-order valence-corrected chi connectivity index (χ3v) is 6.37. The van der Waals surface area contributed by atoms with Gasteiger partial charge in [0.05, 0.1) is 22.4 Å². The molecule has 2 saturated heterocycles. The van der Waals surface area contributed by atoms with Crippen LogP contribution in [0, 0.1) is 0 Å². The minimum absolute atomic E-state index is 0.371. The van der Waals surface area contributed by atoms with E-state index in [1.165, 1.54) is 0 Å². The molecule has 0 N–H and O–H groups in total. The van der Waals surface area contributed by atoms with Crippen LogP contribution < -0.4 is 0 Å². The van der Waals surface area contributed by atoms with Crippen molar-refractivity contribution in [3.05, 3.63) is 23.8 Å². The second-order valence-corrected chi connectivity index (χ2v) is 9.48. The predicted molar refractivity (Wildman–Crippen MR) is 103 cm³/mol. The Labute approximate surface area is 158 Å². The zero-order chi connectivity index (χ0) is 19.7. The fourth-order valence-electron chi connectivity index (χ4n) is 3.18. The van der Waals surface area contributed by atoms with Gasteiger partial charge in [0.25, 0.3) is 0 Å². The van der Waals surface area contributed by atoms with Crippen LogP contribution in [0.1, 0.15) is 69.2 Å². The molecule has 144 valence electrons. The average Bonchev–Trinajstić information content (AvgIpc) is 2.77. The van der Waals surface area contributed by atoms with Crippen molar-refractivity contribution in [3.63, 3.8) is 0 Å². The Bertz CT molecular complexity index is 606. The molecule has 0 saturated carbocycles. The van der Waals surface area contributed by atoms with Crippen LogP contribution in [-0.4, -0.2) is 46.5 Å². The Hall–Kier alpha value is -0.950. The molecule has 3 rings (SSSR count). The second-order valence-electron chi connectivity index (χ2n) is 9.48. The van der Waals surface area contributed by atoms with Crippen molar-refractivity contribution in [3.8, 4) is 0 Å². The smallest absolute Gasteiger partial charge is 0.384 e. The number of allylic oxidation sites excluding steroid dienone is 2. The molecule has 3 aliphatic rings. The SMILES string of the molecule is CC1=CN(B2OC(C)(C)C(C)(C)O2)C=C(C)N1B1OC(C)(C)C(C)(C)O1. The molecule has 0 aromatic rings. The minimum atomic E-state index is -0.453. The van der Waals surface area contributed by atoms with Crippen molar-refractivity contribution in [1.29, 1.82) is 0 Å². The standard InChI is InChI=1S/C18H32B2N2O4/c1-13-11-21(19-23-15(3,4)16(5,6)24-19)12-14(2)22(13)20-25-17(7,8)18(9,10)26-20/h11-12H,1-10H3. The molecule has 0 radical (unpaired) electrons. The molecule has 0 amide bonds. The molecule has 8 heteroatoms. The van der Waals surface area contributed by atoms with Gasteiger partial charge in [-0.15, -0.1) is 0 Å². The number of hydrogen-bond acceptors (Lipinski definition) is 6. The second kappa shape index (κ2) is 5.77. The summed E-state index contributed by atoms with van der Waals surface area (Å²) in [5.41, 5.74) is 0.535. The molecule has 0 spiro atoms. The summed E-state index contributed by atoms with van der Waals surface area (Å²) in [6.07, 6.45) is 4.03. The summed E-state index contributed by atoms with van der Waals surface area (Å²) in [7, 11) is -0.904. The first-order chi connectivity index (χ1) is 11.7. The minimum Gasteiger partial charge on any atom is -0.384 e. The lowest BCUT2D eigenvalue weighted by molar-refractivity contribution is 0.00578. The molecular formula is C18H32B2N2O4. The van der Waals surface area contributed by atoms with Crippen LogP contribution in [0.3, 0.4) is 0 Å². The number of hydrogen-bond donors (Lipinski definition) is 0. The highest BCUT2D eigenvalue weighted by atomic mass is 16.7. The topological polar surface area (TPSA) is 43.4 Å². The van der Waals surface area contributed by atoms with Gasteiger partial charge in [-0.2, -0.15) is 0 Å². The molecule has 3 aliphatic heterocycles. The number of nitrogens with zero attached hydrogens (tertiary/aromatic N) is 2. The maximum Gasteiger partial charge on any atom is 0.598 e. The van der Waals surface area contributed by atoms with Crippen molar-refractivity contribution in [2.24, 2.45) is 0 Å². The first-order valence-electron chi connectivity index (χ1n) is 9.32. The lowest BCUT2D eigenvalue weighted by Gasteiger charge is -2.35. The van der Waals surface area contributed by atoms with Crippen LogP contribution in [-0.2, 0) is 18.6 Å². The summed E-state index contributed by atoms with van der Waals surface area (Å²) in [5, 5.41) is 0. The quantitative estimate of drug-likeness (QED) is 0.701. The fourth-order valence-corrected chi connectivity index (χ4v) is 3.18. The molecule has 0 bridgehead atoms. The third kappa shape index (κ3) is 3.01. The molecule has 0 aromatic heterocycles. The van der Waals surface area contributed by atoms with Gasteiger partial charge in [-0.05, 0) is 69.2 Å². The van der Waals surface area contributed by atoms with Crippen molar-refractivity contribution >= 4 is 14.5 Å². The molecular weight excluding hydrogens is 330 g/mol. The highest BCUT2D eigenvalue weighted by Gasteiger charge is 2.56. The maximum absolute atomic E-state index is 6.21. The largest absolute Gasteiger partial charge is 0.598 e. The van der Waals surface area contributed by atoms with E-state index in [0.717, 1.165) is 11.4 Å². The maximum atomic E-state index is 6.21. The van der Waals surface area contributed by atoms with Crippen molar-refractivity contribution in [1.82, 2.24) is 9.62 Å². The zero-order valence-corrected chi connectivity index (χ0v) is 17.8. The van der Waals surface area contributed by atoms with Gasteiger partial charge in [0.2, 0.25) is 0 Å². The van der Waals surface area contributed by atoms with Crippen molar-refractivity contribution < 1.29 is 18.6 Å². The molecule has 0 unspecified atom stereocenters. The van der Waals surface area contributed by atoms with Gasteiger partial charge >= 0.3 is 14.5 Å². The van der Waals surface area contributed by atoms with E-state index in [4.69, 9.17) is 18.6 Å². The molecule has 0 aromatic carbocycles. The van der Waals surface area contributed by atoms with Crippen LogP contribution >= 0.6 is 0 Å². The Morgan fingerprint density at radius 2 is 0.923 bits per heavy atom. The first kappa shape index (κ1) is 19.8. The molecule has 3 heterocycles. The van der Waals surface area contributed by atoms with Crippen LogP contribution in [0.15, 0.2) is 23.8 Å². The van der Waals surface area contributed by atoms with Gasteiger partial charge in [-0.1, -0.05) is 0 Å². The van der Waals surface area contributed by atoms with Gasteiger partial charge in [-0.25, -0.2) is 0 Å². The normalized spacial score (nSPS) is 29.2. The molecule has 6 nitrogen and oxygen atoms in total. The van der Waals surface area contributed by atoms with Gasteiger partial charge in [0, 0.05) is 23.8 Å². The summed E-state index contributed by atoms with van der Waals surface area (Å²) in [6.45, 7) is 20.6. The number of rotatable bonds is 2. The Kier molecular flexibility index (Phi) is 4.40. The Morgan fingerprint density at radius 3 is 1.27 bits per heavy atom. The van der Waals surface area contributed by atoms with E-state index in [9.17, 15) is 0 Å². The Morgan fingerprint density at radius 1 is 0.615 bits per heavy atom. The third-order valence-electron chi connectivity index (χ3n) is 6.37. The average molecular weight is 362 g/mol. The lowest BCUT2D eigenvalue weighted by atomic mass is 9.90. The van der Waals surface area contributed by atoms with Gasteiger partial charge in [0.1, 0.15) is 0 Å². The van der Waals surface area contributed by atoms with E-state index in [-0.39, 0.29) is 22.4 Å². The summed E-state index contributed by atoms with van der Waals surface area (Å²) in [6, 6.07) is 0. The monoisotopic (exact) mass is 362 g/mol. The fraction of sp³-hybridized carbons (Fsp3) is 0.778. The van der Waals surface area contributed by atoms with E-state index < -0.39 is 14.5 Å². The summed E-state index contributed by atoms with van der Waals surface area (Å²) in [5.74, 6) is 0. The van der Waals surface area contributed by atoms with E-state index >= 15 is 0 Å². The van der Waals surface area contributed by atoms with Gasteiger partial charge in [-0.3, -0.25) is 0 Å². The zero-order valence-electron chi connectivity index (χ0n) is 17.8. The lowest BCUT2D eigenvalue weighted by Crippen LogP contribution is -2.45. The molecule has 0 aliphatic carbocycles. The first-order valence-corrected chi connectivity index (χ1v) is 9.32. The van der Waals surface area contributed by atoms with Gasteiger partial charge in [0.15, 0.2) is 0 Å². The van der Waals surface area contributed by atoms with Crippen LogP contribution in [0.5, 0.6) is 0 Å². The van der Waals surface area contributed by atoms with Crippen LogP contribution in [0.2, 0.25) is 0 Å². The van der Waals surface area contributed by atoms with E-state index in [2.05, 4.69) is 60.2 Å². The summed E-state index contributed by atoms with van der Waals surface area (Å²) >= 11 is 0. The van der Waals surface area contributed by atoms with Crippen LogP contribution in [0.4, 0.5) is 0 Å². The van der Waals surface area contributed by atoms with Gasteiger partial charge < -0.3 is 28.2 Å². The van der Waals surface area contributed by atoms with E-state index in [1.54, 1.807) is 0 Å². The van der Waals surface area contributed by atoms with E-state index in [0.29, 0.717) is 0 Å². The molecule has 0 atom stereocenters. The highest BCUT2D eigenvalue weighted by Crippen LogP contribution is 2.41. The summed E-state index contributed by atoms with van der Waals surface area (Å²) < 4.78 is 24.7. The van der Waals surface area contributed by atoms with Crippen molar-refractivity contribution in [2.45, 2.75) is 91.6 Å². The van der Waals surface area contributed by atoms with E-state index in [1.807, 2.05) is 31.1 Å². The predicted octanol–water partition coefficient (Wildman–Crippen LogP) is 3.50. The summed E-state index contributed by atoms with van der Waals surface area (Å²) in [4.78, 5) is 4.04.